The Hall–Kier alpha value is -2.85. The maximum atomic E-state index is 5.73. The lowest BCUT2D eigenvalue weighted by atomic mass is 10.1. The highest BCUT2D eigenvalue weighted by Crippen LogP contribution is 2.28. The molecule has 4 rings (SSSR count). The summed E-state index contributed by atoms with van der Waals surface area (Å²) in [5.41, 5.74) is 12.3. The molecule has 0 spiro atoms. The van der Waals surface area contributed by atoms with Gasteiger partial charge in [-0.15, -0.1) is 0 Å². The van der Waals surface area contributed by atoms with Crippen LogP contribution in [-0.2, 0) is 6.54 Å². The number of aromatic nitrogens is 3. The van der Waals surface area contributed by atoms with E-state index in [4.69, 9.17) is 5.73 Å². The average Bonchev–Trinajstić information content (AvgIpc) is 3.17. The summed E-state index contributed by atoms with van der Waals surface area (Å²) in [6.45, 7) is 2.65. The minimum absolute atomic E-state index is 0.557. The highest BCUT2D eigenvalue weighted by Gasteiger charge is 2.12. The fourth-order valence-electron chi connectivity index (χ4n) is 2.96. The molecule has 0 atom stereocenters. The van der Waals surface area contributed by atoms with Gasteiger partial charge in [0.15, 0.2) is 0 Å². The quantitative estimate of drug-likeness (QED) is 0.605. The van der Waals surface area contributed by atoms with Crippen LogP contribution in [0.4, 0.5) is 0 Å². The normalized spacial score (nSPS) is 11.2. The Morgan fingerprint density at radius 2 is 1.91 bits per heavy atom. The van der Waals surface area contributed by atoms with E-state index in [1.807, 2.05) is 29.1 Å². The first kappa shape index (κ1) is 13.8. The van der Waals surface area contributed by atoms with Gasteiger partial charge in [0, 0.05) is 28.7 Å². The molecule has 0 fully saturated rings. The molecule has 2 heterocycles. The lowest BCUT2D eigenvalue weighted by Gasteiger charge is -2.04. The lowest BCUT2D eigenvalue weighted by Crippen LogP contribution is -1.98. The standard InChI is InChI=1S/C19H18N4/c1-13-17(12-21-23(13)16-5-3-2-4-6-16)19-10-15-9-14(11-20)7-8-18(15)22-19/h2-10,12,22H,11,20H2,1H3. The second kappa shape index (κ2) is 5.41. The van der Waals surface area contributed by atoms with Crippen molar-refractivity contribution in [3.05, 3.63) is 72.1 Å². The van der Waals surface area contributed by atoms with Crippen LogP contribution in [0.2, 0.25) is 0 Å². The van der Waals surface area contributed by atoms with Gasteiger partial charge in [-0.2, -0.15) is 5.10 Å². The number of nitrogens with zero attached hydrogens (tertiary/aromatic N) is 2. The molecule has 0 bridgehead atoms. The Morgan fingerprint density at radius 3 is 2.70 bits per heavy atom. The fraction of sp³-hybridized carbons (Fsp3) is 0.105. The van der Waals surface area contributed by atoms with Crippen LogP contribution >= 0.6 is 0 Å². The first-order chi connectivity index (χ1) is 11.3. The molecule has 0 saturated carbocycles. The van der Waals surface area contributed by atoms with E-state index in [0.29, 0.717) is 6.54 Å². The van der Waals surface area contributed by atoms with E-state index < -0.39 is 0 Å². The molecule has 2 aromatic carbocycles. The first-order valence-electron chi connectivity index (χ1n) is 7.68. The van der Waals surface area contributed by atoms with Gasteiger partial charge in [0.25, 0.3) is 0 Å². The molecule has 4 heteroatoms. The van der Waals surface area contributed by atoms with Crippen LogP contribution in [0.1, 0.15) is 11.3 Å². The minimum Gasteiger partial charge on any atom is -0.354 e. The van der Waals surface area contributed by atoms with Crippen molar-refractivity contribution < 1.29 is 0 Å². The Labute approximate surface area is 134 Å². The Kier molecular flexibility index (Phi) is 3.24. The predicted molar refractivity (Wildman–Crippen MR) is 93.5 cm³/mol. The van der Waals surface area contributed by atoms with Crippen LogP contribution in [0.15, 0.2) is 60.8 Å². The number of fused-ring (bicyclic) bond motifs is 1. The van der Waals surface area contributed by atoms with Crippen LogP contribution < -0.4 is 5.73 Å². The molecule has 0 radical (unpaired) electrons. The molecule has 4 nitrogen and oxygen atoms in total. The number of H-pyrrole nitrogens is 1. The van der Waals surface area contributed by atoms with E-state index in [2.05, 4.69) is 53.4 Å². The van der Waals surface area contributed by atoms with Crippen molar-refractivity contribution in [1.82, 2.24) is 14.8 Å². The summed E-state index contributed by atoms with van der Waals surface area (Å²) in [7, 11) is 0. The smallest absolute Gasteiger partial charge is 0.0648 e. The number of benzene rings is 2. The van der Waals surface area contributed by atoms with Gasteiger partial charge < -0.3 is 10.7 Å². The summed E-state index contributed by atoms with van der Waals surface area (Å²) in [5, 5.41) is 5.72. The van der Waals surface area contributed by atoms with Crippen molar-refractivity contribution in [2.24, 2.45) is 5.73 Å². The van der Waals surface area contributed by atoms with Crippen molar-refractivity contribution in [3.8, 4) is 16.9 Å². The predicted octanol–water partition coefficient (Wildman–Crippen LogP) is 3.79. The van der Waals surface area contributed by atoms with Gasteiger partial charge in [-0.1, -0.05) is 24.3 Å². The molecule has 4 aromatic rings. The molecule has 0 saturated heterocycles. The summed E-state index contributed by atoms with van der Waals surface area (Å²) in [6, 6.07) is 18.6. The Morgan fingerprint density at radius 1 is 1.09 bits per heavy atom. The van der Waals surface area contributed by atoms with Gasteiger partial charge in [-0.25, -0.2) is 4.68 Å². The topological polar surface area (TPSA) is 59.6 Å². The van der Waals surface area contributed by atoms with Gasteiger partial charge in [0.2, 0.25) is 0 Å². The number of aromatic amines is 1. The number of rotatable bonds is 3. The summed E-state index contributed by atoms with van der Waals surface area (Å²) < 4.78 is 1.96. The minimum atomic E-state index is 0.557. The maximum absolute atomic E-state index is 5.73. The third-order valence-corrected chi connectivity index (χ3v) is 4.22. The van der Waals surface area contributed by atoms with E-state index in [0.717, 1.165) is 33.7 Å². The van der Waals surface area contributed by atoms with Crippen LogP contribution in [0.5, 0.6) is 0 Å². The van der Waals surface area contributed by atoms with Crippen molar-refractivity contribution in [2.75, 3.05) is 0 Å². The first-order valence-corrected chi connectivity index (χ1v) is 7.68. The van der Waals surface area contributed by atoms with Crippen LogP contribution in [0, 0.1) is 6.92 Å². The number of nitrogens with two attached hydrogens (primary N) is 1. The zero-order valence-electron chi connectivity index (χ0n) is 13.0. The highest BCUT2D eigenvalue weighted by molar-refractivity contribution is 5.86. The Bertz CT molecular complexity index is 964. The second-order valence-corrected chi connectivity index (χ2v) is 5.70. The van der Waals surface area contributed by atoms with Gasteiger partial charge >= 0.3 is 0 Å². The summed E-state index contributed by atoms with van der Waals surface area (Å²) in [5.74, 6) is 0. The Balaban J connectivity index is 1.81. The third kappa shape index (κ3) is 2.33. The van der Waals surface area contributed by atoms with Crippen molar-refractivity contribution in [3.63, 3.8) is 0 Å². The largest absolute Gasteiger partial charge is 0.354 e. The summed E-state index contributed by atoms with van der Waals surface area (Å²) in [4.78, 5) is 3.47. The molecule has 23 heavy (non-hydrogen) atoms. The monoisotopic (exact) mass is 302 g/mol. The maximum Gasteiger partial charge on any atom is 0.0648 e. The van der Waals surface area contributed by atoms with Crippen LogP contribution in [0.25, 0.3) is 27.8 Å². The zero-order valence-corrected chi connectivity index (χ0v) is 13.0. The van der Waals surface area contributed by atoms with Crippen molar-refractivity contribution in [2.45, 2.75) is 13.5 Å². The van der Waals surface area contributed by atoms with E-state index in [1.165, 1.54) is 5.39 Å². The number of hydrogen-bond acceptors (Lipinski definition) is 2. The fourth-order valence-corrected chi connectivity index (χ4v) is 2.96. The lowest BCUT2D eigenvalue weighted by molar-refractivity contribution is 0.847. The molecule has 0 aliphatic carbocycles. The third-order valence-electron chi connectivity index (χ3n) is 4.22. The molecule has 0 unspecified atom stereocenters. The van der Waals surface area contributed by atoms with Crippen molar-refractivity contribution in [1.29, 1.82) is 0 Å². The number of nitrogens with one attached hydrogen (secondary N) is 1. The number of para-hydroxylation sites is 1. The van der Waals surface area contributed by atoms with Gasteiger partial charge in [-0.05, 0) is 42.8 Å². The molecule has 3 N–H and O–H groups in total. The van der Waals surface area contributed by atoms with E-state index in [9.17, 15) is 0 Å². The van der Waals surface area contributed by atoms with Crippen molar-refractivity contribution >= 4 is 10.9 Å². The SMILES string of the molecule is Cc1c(-c2cc3cc(CN)ccc3[nH]2)cnn1-c1ccccc1. The van der Waals surface area contributed by atoms with Gasteiger partial charge in [-0.3, -0.25) is 0 Å². The van der Waals surface area contributed by atoms with Crippen LogP contribution in [0.3, 0.4) is 0 Å². The number of hydrogen-bond donors (Lipinski definition) is 2. The molecular formula is C19H18N4. The highest BCUT2D eigenvalue weighted by atomic mass is 15.3. The van der Waals surface area contributed by atoms with E-state index in [1.54, 1.807) is 0 Å². The molecule has 0 aliphatic heterocycles. The average molecular weight is 302 g/mol. The second-order valence-electron chi connectivity index (χ2n) is 5.70. The summed E-state index contributed by atoms with van der Waals surface area (Å²) >= 11 is 0. The summed E-state index contributed by atoms with van der Waals surface area (Å²) in [6.07, 6.45) is 1.91. The van der Waals surface area contributed by atoms with E-state index >= 15 is 0 Å². The molecule has 0 amide bonds. The molecule has 2 aromatic heterocycles. The molecule has 114 valence electrons. The van der Waals surface area contributed by atoms with Gasteiger partial charge in [0.1, 0.15) is 0 Å². The molecule has 0 aliphatic rings. The van der Waals surface area contributed by atoms with Gasteiger partial charge in [0.05, 0.1) is 17.6 Å². The van der Waals surface area contributed by atoms with E-state index in [-0.39, 0.29) is 0 Å². The molecular weight excluding hydrogens is 284 g/mol. The zero-order chi connectivity index (χ0) is 15.8. The van der Waals surface area contributed by atoms with Crippen LogP contribution in [-0.4, -0.2) is 14.8 Å².